The molecule has 0 spiro atoms. The number of carbonyl (C=O) groups excluding carboxylic acids is 1. The van der Waals surface area contributed by atoms with Crippen LogP contribution in [0.3, 0.4) is 0 Å². The molecule has 4 bridgehead atoms. The predicted octanol–water partition coefficient (Wildman–Crippen LogP) is 4.24. The van der Waals surface area contributed by atoms with E-state index >= 15 is 0 Å². The third-order valence-electron chi connectivity index (χ3n) is 6.54. The van der Waals surface area contributed by atoms with E-state index < -0.39 is 55.2 Å². The SMILES string of the molecule is C=C(C)C(O)OC12CC3CC(C1)C(OCC(=O)OCC(F)(F)C(F)(F)C(F)(F)F)C(C3)C2. The Kier molecular flexibility index (Phi) is 6.64. The highest BCUT2D eigenvalue weighted by molar-refractivity contribution is 5.70. The van der Waals surface area contributed by atoms with Gasteiger partial charge in [0.25, 0.3) is 0 Å². The first-order chi connectivity index (χ1) is 14.6. The van der Waals surface area contributed by atoms with Gasteiger partial charge in [0.2, 0.25) is 0 Å². The fourth-order valence-corrected chi connectivity index (χ4v) is 5.33. The molecular formula is C20H25F7O5. The van der Waals surface area contributed by atoms with Gasteiger partial charge in [-0.1, -0.05) is 6.58 Å². The molecular weight excluding hydrogens is 453 g/mol. The van der Waals surface area contributed by atoms with Crippen LogP contribution >= 0.6 is 0 Å². The Balaban J connectivity index is 1.53. The van der Waals surface area contributed by atoms with E-state index in [9.17, 15) is 40.6 Å². The maximum atomic E-state index is 13.3. The first kappa shape index (κ1) is 25.2. The fraction of sp³-hybridized carbons (Fsp3) is 0.850. The number of hydrogen-bond acceptors (Lipinski definition) is 5. The molecule has 0 aliphatic heterocycles. The molecule has 4 fully saturated rings. The molecule has 3 unspecified atom stereocenters. The summed E-state index contributed by atoms with van der Waals surface area (Å²) < 4.78 is 104. The molecule has 0 amide bonds. The van der Waals surface area contributed by atoms with Gasteiger partial charge in [0.05, 0.1) is 11.7 Å². The standard InChI is InChI=1S/C20H25F7O5/c1-10(2)16(29)32-17-5-11-3-12(6-17)15(13(4-11)7-17)30-8-14(28)31-9-18(21,22)19(23,24)20(25,26)27/h11-13,15-16,29H,1,3-9H2,2H3. The zero-order valence-electron chi connectivity index (χ0n) is 17.3. The van der Waals surface area contributed by atoms with E-state index in [1.807, 2.05) is 0 Å². The van der Waals surface area contributed by atoms with Crippen molar-refractivity contribution in [2.45, 2.75) is 75.0 Å². The molecule has 5 nitrogen and oxygen atoms in total. The second-order valence-electron chi connectivity index (χ2n) is 9.18. The Morgan fingerprint density at radius 3 is 2.16 bits per heavy atom. The van der Waals surface area contributed by atoms with Crippen molar-refractivity contribution in [2.24, 2.45) is 17.8 Å². The van der Waals surface area contributed by atoms with E-state index in [1.165, 1.54) is 0 Å². The minimum atomic E-state index is -6.49. The summed E-state index contributed by atoms with van der Waals surface area (Å²) >= 11 is 0. The predicted molar refractivity (Wildman–Crippen MR) is 94.8 cm³/mol. The van der Waals surface area contributed by atoms with E-state index in [0.717, 1.165) is 19.3 Å². The number of aliphatic hydroxyl groups excluding tert-OH is 1. The van der Waals surface area contributed by atoms with Gasteiger partial charge in [-0.15, -0.1) is 0 Å². The Hall–Kier alpha value is -1.40. The van der Waals surface area contributed by atoms with Gasteiger partial charge in [0.1, 0.15) is 6.61 Å². The quantitative estimate of drug-likeness (QED) is 0.233. The van der Waals surface area contributed by atoms with Crippen LogP contribution in [-0.2, 0) is 19.0 Å². The van der Waals surface area contributed by atoms with Gasteiger partial charge in [-0.25, -0.2) is 4.79 Å². The van der Waals surface area contributed by atoms with Gasteiger partial charge in [0.15, 0.2) is 12.9 Å². The van der Waals surface area contributed by atoms with Crippen LogP contribution in [0.2, 0.25) is 0 Å². The lowest BCUT2D eigenvalue weighted by atomic mass is 9.53. The Bertz CT molecular complexity index is 722. The molecule has 4 aliphatic carbocycles. The van der Waals surface area contributed by atoms with Crippen molar-refractivity contribution >= 4 is 5.97 Å². The number of rotatable bonds is 9. The Labute approximate surface area is 179 Å². The molecule has 0 radical (unpaired) electrons. The number of alkyl halides is 7. The van der Waals surface area contributed by atoms with Crippen LogP contribution < -0.4 is 0 Å². The number of aliphatic hydroxyl groups is 1. The largest absolute Gasteiger partial charge is 0.460 e. The van der Waals surface area contributed by atoms with Crippen molar-refractivity contribution in [2.75, 3.05) is 13.2 Å². The highest BCUT2D eigenvalue weighted by Crippen LogP contribution is 2.58. The minimum absolute atomic E-state index is 0.0395. The summed E-state index contributed by atoms with van der Waals surface area (Å²) in [6, 6.07) is 0. The number of esters is 1. The summed E-state index contributed by atoms with van der Waals surface area (Å²) in [6.45, 7) is 2.03. The maximum Gasteiger partial charge on any atom is 0.460 e. The molecule has 32 heavy (non-hydrogen) atoms. The molecule has 0 aromatic rings. The summed E-state index contributed by atoms with van der Waals surface area (Å²) in [5.41, 5.74) is -0.0929. The monoisotopic (exact) mass is 478 g/mol. The van der Waals surface area contributed by atoms with Crippen molar-refractivity contribution in [1.82, 2.24) is 0 Å². The molecule has 184 valence electrons. The summed E-state index contributed by atoms with van der Waals surface area (Å²) in [4.78, 5) is 11.7. The highest BCUT2D eigenvalue weighted by Gasteiger charge is 2.73. The third kappa shape index (κ3) is 4.77. The minimum Gasteiger partial charge on any atom is -0.457 e. The topological polar surface area (TPSA) is 65.0 Å². The lowest BCUT2D eigenvalue weighted by Crippen LogP contribution is -2.59. The van der Waals surface area contributed by atoms with Gasteiger partial charge in [-0.05, 0) is 62.4 Å². The molecule has 0 heterocycles. The summed E-state index contributed by atoms with van der Waals surface area (Å²) in [5.74, 6) is -13.2. The summed E-state index contributed by atoms with van der Waals surface area (Å²) in [5, 5.41) is 10.1. The molecule has 0 aromatic heterocycles. The number of carbonyl (C=O) groups is 1. The smallest absolute Gasteiger partial charge is 0.457 e. The second kappa shape index (κ2) is 8.43. The van der Waals surface area contributed by atoms with Crippen LogP contribution in [0.1, 0.15) is 39.0 Å². The number of hydrogen-bond donors (Lipinski definition) is 1. The van der Waals surface area contributed by atoms with E-state index in [-0.39, 0.29) is 11.8 Å². The molecule has 0 aromatic carbocycles. The van der Waals surface area contributed by atoms with Crippen LogP contribution in [0.25, 0.3) is 0 Å². The molecule has 4 saturated carbocycles. The summed E-state index contributed by atoms with van der Waals surface area (Å²) in [6.07, 6.45) is -4.63. The lowest BCUT2D eigenvalue weighted by molar-refractivity contribution is -0.360. The number of ether oxygens (including phenoxy) is 3. The lowest BCUT2D eigenvalue weighted by Gasteiger charge is -2.59. The fourth-order valence-electron chi connectivity index (χ4n) is 5.33. The van der Waals surface area contributed by atoms with Crippen molar-refractivity contribution in [3.05, 3.63) is 12.2 Å². The Morgan fingerprint density at radius 2 is 1.66 bits per heavy atom. The van der Waals surface area contributed by atoms with Gasteiger partial charge in [-0.3, -0.25) is 0 Å². The van der Waals surface area contributed by atoms with E-state index in [2.05, 4.69) is 11.3 Å². The first-order valence-electron chi connectivity index (χ1n) is 10.2. The third-order valence-corrected chi connectivity index (χ3v) is 6.54. The van der Waals surface area contributed by atoms with Gasteiger partial charge < -0.3 is 19.3 Å². The van der Waals surface area contributed by atoms with Crippen LogP contribution in [-0.4, -0.2) is 60.3 Å². The molecule has 0 saturated heterocycles. The zero-order valence-corrected chi connectivity index (χ0v) is 17.3. The van der Waals surface area contributed by atoms with Crippen LogP contribution in [0.15, 0.2) is 12.2 Å². The average molecular weight is 478 g/mol. The summed E-state index contributed by atoms with van der Waals surface area (Å²) in [7, 11) is 0. The second-order valence-corrected chi connectivity index (χ2v) is 9.18. The van der Waals surface area contributed by atoms with E-state index in [0.29, 0.717) is 24.3 Å². The Morgan fingerprint density at radius 1 is 1.09 bits per heavy atom. The molecule has 3 atom stereocenters. The average Bonchev–Trinajstić information content (AvgIpc) is 2.63. The van der Waals surface area contributed by atoms with Gasteiger partial charge >= 0.3 is 24.0 Å². The molecule has 12 heteroatoms. The van der Waals surface area contributed by atoms with E-state index in [1.54, 1.807) is 6.92 Å². The van der Waals surface area contributed by atoms with Crippen molar-refractivity contribution in [1.29, 1.82) is 0 Å². The van der Waals surface area contributed by atoms with E-state index in [4.69, 9.17) is 9.47 Å². The molecule has 4 rings (SSSR count). The first-order valence-corrected chi connectivity index (χ1v) is 10.2. The highest BCUT2D eigenvalue weighted by atomic mass is 19.4. The number of halogens is 7. The molecule has 1 N–H and O–H groups in total. The van der Waals surface area contributed by atoms with Crippen molar-refractivity contribution < 1.29 is 54.8 Å². The van der Waals surface area contributed by atoms with Gasteiger partial charge in [-0.2, -0.15) is 30.7 Å². The molecule has 4 aliphatic rings. The van der Waals surface area contributed by atoms with Gasteiger partial charge in [0, 0.05) is 0 Å². The van der Waals surface area contributed by atoms with Crippen LogP contribution in [0, 0.1) is 17.8 Å². The van der Waals surface area contributed by atoms with Crippen molar-refractivity contribution in [3.8, 4) is 0 Å². The van der Waals surface area contributed by atoms with Crippen LogP contribution in [0.5, 0.6) is 0 Å². The normalized spacial score (nSPS) is 33.3. The zero-order chi connectivity index (χ0) is 24.1. The van der Waals surface area contributed by atoms with Crippen molar-refractivity contribution in [3.63, 3.8) is 0 Å². The maximum absolute atomic E-state index is 13.3. The van der Waals surface area contributed by atoms with Crippen LogP contribution in [0.4, 0.5) is 30.7 Å².